The van der Waals surface area contributed by atoms with Gasteiger partial charge in [0.05, 0.1) is 22.2 Å². The summed E-state index contributed by atoms with van der Waals surface area (Å²) in [4.78, 5) is 13.9. The fourth-order valence-electron chi connectivity index (χ4n) is 2.82. The van der Waals surface area contributed by atoms with Gasteiger partial charge in [-0.1, -0.05) is 17.7 Å². The van der Waals surface area contributed by atoms with Crippen molar-refractivity contribution < 1.29 is 18.0 Å². The number of urea groups is 1. The molecule has 26 heavy (non-hydrogen) atoms. The third kappa shape index (κ3) is 3.75. The molecule has 0 fully saturated rings. The number of hydrogen-bond donors (Lipinski definition) is 1. The molecular formula is C18H13ClF3N3O. The van der Waals surface area contributed by atoms with Gasteiger partial charge < -0.3 is 10.2 Å². The van der Waals surface area contributed by atoms with Crippen molar-refractivity contribution in [1.82, 2.24) is 4.90 Å². The number of carbonyl (C=O) groups excluding carboxylic acids is 1. The van der Waals surface area contributed by atoms with Crippen LogP contribution in [0.1, 0.15) is 22.3 Å². The molecule has 134 valence electrons. The number of rotatable bonds is 1. The molecule has 0 spiro atoms. The number of nitrogens with zero attached hydrogens (tertiary/aromatic N) is 2. The topological polar surface area (TPSA) is 56.1 Å². The van der Waals surface area contributed by atoms with Crippen molar-refractivity contribution in [3.05, 3.63) is 63.7 Å². The Bertz CT molecular complexity index is 906. The normalized spacial score (nSPS) is 13.7. The highest BCUT2D eigenvalue weighted by Gasteiger charge is 2.33. The Morgan fingerprint density at radius 3 is 2.65 bits per heavy atom. The SMILES string of the molecule is N#Cc1ccc2c(c1)CCN(C(=O)Nc1ccc(Cl)c(C(F)(F)F)c1)C2. The fraction of sp³-hybridized carbons (Fsp3) is 0.222. The third-order valence-corrected chi connectivity index (χ3v) is 4.49. The summed E-state index contributed by atoms with van der Waals surface area (Å²) < 4.78 is 38.8. The molecule has 1 aliphatic rings. The third-order valence-electron chi connectivity index (χ3n) is 4.16. The number of halogens is 4. The molecule has 1 heterocycles. The van der Waals surface area contributed by atoms with Crippen LogP contribution in [0.15, 0.2) is 36.4 Å². The summed E-state index contributed by atoms with van der Waals surface area (Å²) in [5, 5.41) is 11.0. The Hall–Kier alpha value is -2.72. The molecule has 4 nitrogen and oxygen atoms in total. The molecule has 0 radical (unpaired) electrons. The van der Waals surface area contributed by atoms with Crippen LogP contribution >= 0.6 is 11.6 Å². The molecular weight excluding hydrogens is 367 g/mol. The van der Waals surface area contributed by atoms with Gasteiger partial charge in [-0.25, -0.2) is 4.79 Å². The largest absolute Gasteiger partial charge is 0.417 e. The molecule has 8 heteroatoms. The average Bonchev–Trinajstić information content (AvgIpc) is 2.61. The first-order valence-corrected chi connectivity index (χ1v) is 8.10. The minimum atomic E-state index is -4.60. The molecule has 0 saturated heterocycles. The molecule has 2 aromatic rings. The van der Waals surface area contributed by atoms with Crippen LogP contribution in [-0.4, -0.2) is 17.5 Å². The Morgan fingerprint density at radius 1 is 1.19 bits per heavy atom. The summed E-state index contributed by atoms with van der Waals surface area (Å²) in [6.45, 7) is 0.736. The van der Waals surface area contributed by atoms with Crippen molar-refractivity contribution >= 4 is 23.3 Å². The van der Waals surface area contributed by atoms with Crippen LogP contribution in [0.3, 0.4) is 0 Å². The van der Waals surface area contributed by atoms with Crippen LogP contribution in [0.25, 0.3) is 0 Å². The van der Waals surface area contributed by atoms with E-state index in [9.17, 15) is 18.0 Å². The summed E-state index contributed by atoms with van der Waals surface area (Å²) in [6.07, 6.45) is -4.02. The molecule has 0 aromatic heterocycles. The van der Waals surface area contributed by atoms with Gasteiger partial charge in [-0.3, -0.25) is 0 Å². The van der Waals surface area contributed by atoms with Crippen molar-refractivity contribution in [2.45, 2.75) is 19.1 Å². The van der Waals surface area contributed by atoms with Crippen molar-refractivity contribution in [2.24, 2.45) is 0 Å². The maximum absolute atomic E-state index is 12.9. The maximum Gasteiger partial charge on any atom is 0.417 e. The molecule has 2 amide bonds. The zero-order chi connectivity index (χ0) is 18.9. The number of alkyl halides is 3. The van der Waals surface area contributed by atoms with Crippen LogP contribution in [-0.2, 0) is 19.1 Å². The number of benzene rings is 2. The first-order chi connectivity index (χ1) is 12.3. The van der Waals surface area contributed by atoms with Crippen molar-refractivity contribution in [2.75, 3.05) is 11.9 Å². The van der Waals surface area contributed by atoms with Crippen LogP contribution in [0, 0.1) is 11.3 Å². The molecule has 0 atom stereocenters. The maximum atomic E-state index is 12.9. The second-order valence-electron chi connectivity index (χ2n) is 5.89. The molecule has 0 bridgehead atoms. The summed E-state index contributed by atoms with van der Waals surface area (Å²) in [5.41, 5.74) is 1.50. The Kier molecular flexibility index (Phi) is 4.79. The van der Waals surface area contributed by atoms with E-state index in [0.29, 0.717) is 25.1 Å². The van der Waals surface area contributed by atoms with Gasteiger partial charge >= 0.3 is 12.2 Å². The number of anilines is 1. The molecule has 2 aromatic carbocycles. The van der Waals surface area contributed by atoms with E-state index in [2.05, 4.69) is 11.4 Å². The number of fused-ring (bicyclic) bond motifs is 1. The van der Waals surface area contributed by atoms with Gasteiger partial charge in [0.15, 0.2) is 0 Å². The lowest BCUT2D eigenvalue weighted by Crippen LogP contribution is -2.38. The lowest BCUT2D eigenvalue weighted by molar-refractivity contribution is -0.137. The van der Waals surface area contributed by atoms with Crippen LogP contribution < -0.4 is 5.32 Å². The van der Waals surface area contributed by atoms with E-state index in [0.717, 1.165) is 23.3 Å². The van der Waals surface area contributed by atoms with E-state index in [4.69, 9.17) is 16.9 Å². The highest BCUT2D eigenvalue weighted by Crippen LogP contribution is 2.36. The standard InChI is InChI=1S/C18H13ClF3N3O/c19-16-4-3-14(8-15(16)18(20,21)22)24-17(26)25-6-5-12-7-11(9-23)1-2-13(12)10-25/h1-4,7-8H,5-6,10H2,(H,24,26). The molecule has 3 rings (SSSR count). The zero-order valence-electron chi connectivity index (χ0n) is 13.4. The molecule has 0 saturated carbocycles. The fourth-order valence-corrected chi connectivity index (χ4v) is 3.04. The Labute approximate surface area is 152 Å². The van der Waals surface area contributed by atoms with Gasteiger partial charge in [0.25, 0.3) is 0 Å². The first-order valence-electron chi connectivity index (χ1n) is 7.72. The van der Waals surface area contributed by atoms with E-state index in [1.54, 1.807) is 18.2 Å². The summed E-state index contributed by atoms with van der Waals surface area (Å²) in [6, 6.07) is 10.1. The van der Waals surface area contributed by atoms with Crippen molar-refractivity contribution in [1.29, 1.82) is 5.26 Å². The van der Waals surface area contributed by atoms with Crippen LogP contribution in [0.5, 0.6) is 0 Å². The lowest BCUT2D eigenvalue weighted by Gasteiger charge is -2.29. The Morgan fingerprint density at radius 2 is 1.96 bits per heavy atom. The second-order valence-corrected chi connectivity index (χ2v) is 6.30. The van der Waals surface area contributed by atoms with Crippen molar-refractivity contribution in [3.8, 4) is 6.07 Å². The number of nitriles is 1. The van der Waals surface area contributed by atoms with Gasteiger partial charge in [-0.2, -0.15) is 18.4 Å². The van der Waals surface area contributed by atoms with Gasteiger partial charge in [-0.15, -0.1) is 0 Å². The Balaban J connectivity index is 1.74. The quantitative estimate of drug-likeness (QED) is 0.772. The summed E-state index contributed by atoms with van der Waals surface area (Å²) in [7, 11) is 0. The number of hydrogen-bond acceptors (Lipinski definition) is 2. The molecule has 0 unspecified atom stereocenters. The smallest absolute Gasteiger partial charge is 0.320 e. The van der Waals surface area contributed by atoms with Crippen LogP contribution in [0.2, 0.25) is 5.02 Å². The minimum Gasteiger partial charge on any atom is -0.320 e. The van der Waals surface area contributed by atoms with E-state index < -0.39 is 22.8 Å². The summed E-state index contributed by atoms with van der Waals surface area (Å²) >= 11 is 5.58. The van der Waals surface area contributed by atoms with E-state index in [-0.39, 0.29) is 5.69 Å². The van der Waals surface area contributed by atoms with Gasteiger partial charge in [0, 0.05) is 18.8 Å². The monoisotopic (exact) mass is 379 g/mol. The molecule has 0 aliphatic carbocycles. The van der Waals surface area contributed by atoms with Gasteiger partial charge in [0.2, 0.25) is 0 Å². The number of amides is 2. The number of carbonyl (C=O) groups is 1. The second kappa shape index (κ2) is 6.89. The van der Waals surface area contributed by atoms with Gasteiger partial charge in [-0.05, 0) is 47.9 Å². The zero-order valence-corrected chi connectivity index (χ0v) is 14.2. The predicted octanol–water partition coefficient (Wildman–Crippen LogP) is 4.82. The number of nitrogens with one attached hydrogen (secondary N) is 1. The van der Waals surface area contributed by atoms with Crippen molar-refractivity contribution in [3.63, 3.8) is 0 Å². The van der Waals surface area contributed by atoms with E-state index in [1.165, 1.54) is 11.0 Å². The van der Waals surface area contributed by atoms with E-state index in [1.807, 2.05) is 0 Å². The molecule has 1 N–H and O–H groups in total. The van der Waals surface area contributed by atoms with E-state index >= 15 is 0 Å². The highest BCUT2D eigenvalue weighted by atomic mass is 35.5. The molecule has 1 aliphatic heterocycles. The highest BCUT2D eigenvalue weighted by molar-refractivity contribution is 6.31. The minimum absolute atomic E-state index is 0.0253. The van der Waals surface area contributed by atoms with Gasteiger partial charge in [0.1, 0.15) is 0 Å². The lowest BCUT2D eigenvalue weighted by atomic mass is 9.98. The first kappa shape index (κ1) is 18.1. The summed E-state index contributed by atoms with van der Waals surface area (Å²) in [5.74, 6) is 0. The van der Waals surface area contributed by atoms with Crippen LogP contribution in [0.4, 0.5) is 23.7 Å². The predicted molar refractivity (Wildman–Crippen MR) is 90.7 cm³/mol. The average molecular weight is 380 g/mol.